The van der Waals surface area contributed by atoms with Crippen molar-refractivity contribution in [3.63, 3.8) is 0 Å². The number of nitrogens with two attached hydrogens (primary N) is 1. The Morgan fingerprint density at radius 3 is 2.88 bits per heavy atom. The minimum absolute atomic E-state index is 0.313. The summed E-state index contributed by atoms with van der Waals surface area (Å²) in [5.74, 6) is 0.990. The molecule has 0 radical (unpaired) electrons. The fraction of sp³-hybridized carbons (Fsp3) is 0.364. The number of hydrogen-bond donors (Lipinski definition) is 3. The molecule has 4 N–H and O–H groups in total. The van der Waals surface area contributed by atoms with Crippen molar-refractivity contribution in [2.75, 3.05) is 11.9 Å². The molecular formula is C11H17N5O. The van der Waals surface area contributed by atoms with Gasteiger partial charge < -0.3 is 11.1 Å². The Morgan fingerprint density at radius 2 is 2.29 bits per heavy atom. The second-order valence-corrected chi connectivity index (χ2v) is 3.30. The Labute approximate surface area is 100 Å². The van der Waals surface area contributed by atoms with Crippen LogP contribution in [0.15, 0.2) is 23.3 Å². The molecule has 1 aromatic rings. The molecule has 1 heterocycles. The second kappa shape index (κ2) is 6.47. The van der Waals surface area contributed by atoms with Gasteiger partial charge in [0.2, 0.25) is 5.96 Å². The van der Waals surface area contributed by atoms with Gasteiger partial charge in [0, 0.05) is 12.7 Å². The number of primary amides is 1. The van der Waals surface area contributed by atoms with Crippen molar-refractivity contribution in [1.82, 2.24) is 10.3 Å². The number of aromatic nitrogens is 1. The van der Waals surface area contributed by atoms with E-state index in [4.69, 9.17) is 5.73 Å². The molecule has 0 fully saturated rings. The lowest BCUT2D eigenvalue weighted by Crippen LogP contribution is -2.40. The van der Waals surface area contributed by atoms with Crippen molar-refractivity contribution in [1.29, 1.82) is 0 Å². The first-order valence-corrected chi connectivity index (χ1v) is 5.49. The van der Waals surface area contributed by atoms with Crippen molar-refractivity contribution in [2.24, 2.45) is 10.7 Å². The van der Waals surface area contributed by atoms with Crippen LogP contribution < -0.4 is 16.4 Å². The zero-order valence-corrected chi connectivity index (χ0v) is 10.0. The summed E-state index contributed by atoms with van der Waals surface area (Å²) in [5.41, 5.74) is 6.10. The maximum atomic E-state index is 10.8. The van der Waals surface area contributed by atoms with Gasteiger partial charge in [0.15, 0.2) is 0 Å². The SMILES string of the molecule is CCN=C(NC(N)=O)Nc1ncccc1CC. The van der Waals surface area contributed by atoms with E-state index in [1.165, 1.54) is 0 Å². The van der Waals surface area contributed by atoms with Gasteiger partial charge >= 0.3 is 6.03 Å². The van der Waals surface area contributed by atoms with Crippen molar-refractivity contribution < 1.29 is 4.79 Å². The lowest BCUT2D eigenvalue weighted by molar-refractivity contribution is 0.253. The van der Waals surface area contributed by atoms with Gasteiger partial charge in [0.25, 0.3) is 0 Å². The van der Waals surface area contributed by atoms with E-state index in [2.05, 4.69) is 20.6 Å². The molecular weight excluding hydrogens is 218 g/mol. The van der Waals surface area contributed by atoms with E-state index in [9.17, 15) is 4.79 Å². The third kappa shape index (κ3) is 4.10. The number of hydrogen-bond acceptors (Lipinski definition) is 3. The van der Waals surface area contributed by atoms with Gasteiger partial charge in [0.1, 0.15) is 5.82 Å². The molecule has 17 heavy (non-hydrogen) atoms. The summed E-state index contributed by atoms with van der Waals surface area (Å²) < 4.78 is 0. The van der Waals surface area contributed by atoms with Gasteiger partial charge in [-0.15, -0.1) is 0 Å². The van der Waals surface area contributed by atoms with Crippen LogP contribution in [0.1, 0.15) is 19.4 Å². The molecule has 0 aliphatic rings. The molecule has 1 rings (SSSR count). The van der Waals surface area contributed by atoms with Crippen LogP contribution in [-0.2, 0) is 6.42 Å². The fourth-order valence-electron chi connectivity index (χ4n) is 1.33. The van der Waals surface area contributed by atoms with Gasteiger partial charge in [-0.2, -0.15) is 0 Å². The summed E-state index contributed by atoms with van der Waals surface area (Å²) in [4.78, 5) is 19.1. The first-order valence-electron chi connectivity index (χ1n) is 5.49. The van der Waals surface area contributed by atoms with E-state index < -0.39 is 6.03 Å². The molecule has 6 heteroatoms. The van der Waals surface area contributed by atoms with Crippen LogP contribution in [0.5, 0.6) is 0 Å². The lowest BCUT2D eigenvalue weighted by Gasteiger charge is -2.11. The van der Waals surface area contributed by atoms with E-state index >= 15 is 0 Å². The highest BCUT2D eigenvalue weighted by Gasteiger charge is 2.06. The summed E-state index contributed by atoms with van der Waals surface area (Å²) in [7, 11) is 0. The van der Waals surface area contributed by atoms with Gasteiger partial charge in [-0.25, -0.2) is 9.78 Å². The predicted molar refractivity (Wildman–Crippen MR) is 67.9 cm³/mol. The topological polar surface area (TPSA) is 92.4 Å². The molecule has 0 aliphatic heterocycles. The van der Waals surface area contributed by atoms with Gasteiger partial charge in [-0.3, -0.25) is 10.3 Å². The number of amides is 2. The van der Waals surface area contributed by atoms with E-state index in [0.29, 0.717) is 18.3 Å². The average molecular weight is 235 g/mol. The number of nitrogens with zero attached hydrogens (tertiary/aromatic N) is 2. The summed E-state index contributed by atoms with van der Waals surface area (Å²) >= 11 is 0. The number of guanidine groups is 1. The molecule has 1 aromatic heterocycles. The molecule has 0 aliphatic carbocycles. The quantitative estimate of drug-likeness (QED) is 0.541. The molecule has 2 amide bonds. The normalized spacial score (nSPS) is 11.1. The van der Waals surface area contributed by atoms with Crippen LogP contribution in [0.4, 0.5) is 10.6 Å². The van der Waals surface area contributed by atoms with E-state index in [-0.39, 0.29) is 0 Å². The minimum Gasteiger partial charge on any atom is -0.351 e. The maximum Gasteiger partial charge on any atom is 0.318 e. The Morgan fingerprint density at radius 1 is 1.53 bits per heavy atom. The Hall–Kier alpha value is -2.11. The first kappa shape index (κ1) is 13.0. The van der Waals surface area contributed by atoms with Crippen molar-refractivity contribution >= 4 is 17.8 Å². The van der Waals surface area contributed by atoms with Crippen LogP contribution in [0.25, 0.3) is 0 Å². The number of carbonyl (C=O) groups excluding carboxylic acids is 1. The number of carbonyl (C=O) groups is 1. The molecule has 6 nitrogen and oxygen atoms in total. The zero-order chi connectivity index (χ0) is 12.7. The van der Waals surface area contributed by atoms with Gasteiger partial charge in [-0.05, 0) is 25.0 Å². The largest absolute Gasteiger partial charge is 0.351 e. The summed E-state index contributed by atoms with van der Waals surface area (Å²) in [6.07, 6.45) is 2.52. The van der Waals surface area contributed by atoms with E-state index in [0.717, 1.165) is 12.0 Å². The van der Waals surface area contributed by atoms with Crippen LogP contribution in [-0.4, -0.2) is 23.5 Å². The highest BCUT2D eigenvalue weighted by molar-refractivity contribution is 6.03. The number of aryl methyl sites for hydroxylation is 1. The molecule has 0 bridgehead atoms. The number of rotatable bonds is 3. The predicted octanol–water partition coefficient (Wildman–Crippen LogP) is 1.10. The average Bonchev–Trinajstić information content (AvgIpc) is 2.29. The monoisotopic (exact) mass is 235 g/mol. The Kier molecular flexibility index (Phi) is 4.93. The molecule has 0 aromatic carbocycles. The highest BCUT2D eigenvalue weighted by atomic mass is 16.2. The van der Waals surface area contributed by atoms with E-state index in [1.54, 1.807) is 6.20 Å². The van der Waals surface area contributed by atoms with Crippen molar-refractivity contribution in [3.05, 3.63) is 23.9 Å². The molecule has 0 saturated carbocycles. The van der Waals surface area contributed by atoms with Crippen molar-refractivity contribution in [3.8, 4) is 0 Å². The summed E-state index contributed by atoms with van der Waals surface area (Å²) in [5, 5.41) is 5.38. The molecule has 0 atom stereocenters. The van der Waals surface area contributed by atoms with E-state index in [1.807, 2.05) is 26.0 Å². The summed E-state index contributed by atoms with van der Waals surface area (Å²) in [6, 6.07) is 3.17. The Bertz CT molecular complexity index is 416. The number of aliphatic imine (C=N–C) groups is 1. The lowest BCUT2D eigenvalue weighted by atomic mass is 10.2. The first-order chi connectivity index (χ1) is 8.17. The number of urea groups is 1. The fourth-order valence-corrected chi connectivity index (χ4v) is 1.33. The molecule has 0 spiro atoms. The van der Waals surface area contributed by atoms with Gasteiger partial charge in [0.05, 0.1) is 0 Å². The third-order valence-corrected chi connectivity index (χ3v) is 2.07. The number of pyridine rings is 1. The zero-order valence-electron chi connectivity index (χ0n) is 10.0. The second-order valence-electron chi connectivity index (χ2n) is 3.30. The minimum atomic E-state index is -0.654. The molecule has 0 saturated heterocycles. The van der Waals surface area contributed by atoms with Crippen LogP contribution in [0.2, 0.25) is 0 Å². The Balaban J connectivity index is 2.85. The number of anilines is 1. The van der Waals surface area contributed by atoms with Gasteiger partial charge in [-0.1, -0.05) is 13.0 Å². The number of nitrogens with one attached hydrogen (secondary N) is 2. The molecule has 0 unspecified atom stereocenters. The summed E-state index contributed by atoms with van der Waals surface area (Å²) in [6.45, 7) is 4.43. The maximum absolute atomic E-state index is 10.8. The smallest absolute Gasteiger partial charge is 0.318 e. The van der Waals surface area contributed by atoms with Crippen LogP contribution in [0, 0.1) is 0 Å². The highest BCUT2D eigenvalue weighted by Crippen LogP contribution is 2.11. The third-order valence-electron chi connectivity index (χ3n) is 2.07. The van der Waals surface area contributed by atoms with Crippen LogP contribution >= 0.6 is 0 Å². The standard InChI is InChI=1S/C11H17N5O/c1-3-8-6-5-7-14-9(8)15-11(13-4-2)16-10(12)17/h5-7H,3-4H2,1-2H3,(H4,12,13,14,15,16,17). The van der Waals surface area contributed by atoms with Crippen LogP contribution in [0.3, 0.4) is 0 Å². The van der Waals surface area contributed by atoms with Crippen molar-refractivity contribution in [2.45, 2.75) is 20.3 Å². The molecule has 92 valence electrons.